The number of hydrogen-bond donors (Lipinski definition) is 2. The second-order valence-electron chi connectivity index (χ2n) is 5.59. The summed E-state index contributed by atoms with van der Waals surface area (Å²) < 4.78 is 1.60. The molecule has 0 bridgehead atoms. The van der Waals surface area contributed by atoms with Gasteiger partial charge < -0.3 is 14.8 Å². The van der Waals surface area contributed by atoms with Crippen molar-refractivity contribution in [1.29, 1.82) is 0 Å². The minimum atomic E-state index is -1.23. The monoisotopic (exact) mass is 315 g/mol. The number of carboxylic acids is 2. The largest absolute Gasteiger partial charge is 0.478 e. The Morgan fingerprint density at radius 3 is 2.13 bits per heavy atom. The highest BCUT2D eigenvalue weighted by molar-refractivity contribution is 6.03. The molecule has 0 unspecified atom stereocenters. The van der Waals surface area contributed by atoms with Gasteiger partial charge in [-0.15, -0.1) is 0 Å². The van der Waals surface area contributed by atoms with Gasteiger partial charge in [0.25, 0.3) is 0 Å². The van der Waals surface area contributed by atoms with Crippen LogP contribution in [0.1, 0.15) is 57.1 Å². The summed E-state index contributed by atoms with van der Waals surface area (Å²) in [6.07, 6.45) is 1.03. The second-order valence-corrected chi connectivity index (χ2v) is 5.59. The summed E-state index contributed by atoms with van der Waals surface area (Å²) in [5.41, 5.74) is 3.77. The van der Waals surface area contributed by atoms with E-state index in [1.54, 1.807) is 4.57 Å². The molecule has 1 aromatic carbocycles. The van der Waals surface area contributed by atoms with Gasteiger partial charge >= 0.3 is 11.9 Å². The number of carboxylic acid groups (broad SMARTS) is 2. The Balaban J connectivity index is 2.96. The van der Waals surface area contributed by atoms with Gasteiger partial charge in [0.15, 0.2) is 0 Å². The highest BCUT2D eigenvalue weighted by Gasteiger charge is 2.30. The Kier molecular flexibility index (Phi) is 4.59. The third kappa shape index (κ3) is 2.74. The Hall–Kier alpha value is -2.56. The van der Waals surface area contributed by atoms with Crippen LogP contribution in [0.2, 0.25) is 0 Å². The Labute approximate surface area is 135 Å². The highest BCUT2D eigenvalue weighted by Crippen LogP contribution is 2.30. The first kappa shape index (κ1) is 16.8. The third-order valence-electron chi connectivity index (χ3n) is 4.08. The molecule has 2 rings (SSSR count). The molecule has 2 N–H and O–H groups in total. The zero-order valence-electron chi connectivity index (χ0n) is 13.8. The van der Waals surface area contributed by atoms with Crippen LogP contribution in [0.25, 0.3) is 5.69 Å². The molecular formula is C18H21NO4. The first-order chi connectivity index (χ1) is 10.8. The topological polar surface area (TPSA) is 79.5 Å². The molecule has 23 heavy (non-hydrogen) atoms. The summed E-state index contributed by atoms with van der Waals surface area (Å²) in [5, 5.41) is 19.2. The fourth-order valence-corrected chi connectivity index (χ4v) is 3.18. The van der Waals surface area contributed by atoms with E-state index in [9.17, 15) is 19.8 Å². The van der Waals surface area contributed by atoms with Gasteiger partial charge in [-0.1, -0.05) is 31.5 Å². The Bertz CT molecular complexity index is 787. The van der Waals surface area contributed by atoms with Gasteiger partial charge in [-0.05, 0) is 43.9 Å². The number of carbonyl (C=O) groups is 2. The zero-order valence-corrected chi connectivity index (χ0v) is 13.8. The van der Waals surface area contributed by atoms with Crippen molar-refractivity contribution in [3.05, 3.63) is 51.8 Å². The molecular weight excluding hydrogens is 294 g/mol. The van der Waals surface area contributed by atoms with Gasteiger partial charge in [0.1, 0.15) is 5.69 Å². The Morgan fingerprint density at radius 1 is 1.04 bits per heavy atom. The van der Waals surface area contributed by atoms with Crippen molar-refractivity contribution in [2.45, 2.75) is 40.5 Å². The van der Waals surface area contributed by atoms with Crippen LogP contribution in [-0.2, 0) is 12.8 Å². The zero-order chi connectivity index (χ0) is 17.3. The van der Waals surface area contributed by atoms with E-state index in [1.165, 1.54) is 0 Å². The van der Waals surface area contributed by atoms with Crippen LogP contribution in [0.15, 0.2) is 18.2 Å². The van der Waals surface area contributed by atoms with E-state index in [4.69, 9.17) is 0 Å². The molecule has 0 amide bonds. The molecule has 0 saturated carbocycles. The average molecular weight is 315 g/mol. The molecule has 1 heterocycles. The molecule has 0 aliphatic carbocycles. The lowest BCUT2D eigenvalue weighted by Gasteiger charge is -2.15. The quantitative estimate of drug-likeness (QED) is 0.883. The minimum absolute atomic E-state index is 0.100. The summed E-state index contributed by atoms with van der Waals surface area (Å²) in [4.78, 5) is 23.5. The molecule has 5 nitrogen and oxygen atoms in total. The first-order valence-electron chi connectivity index (χ1n) is 7.64. The fraction of sp³-hybridized carbons (Fsp3) is 0.333. The summed E-state index contributed by atoms with van der Waals surface area (Å²) in [5.74, 6) is -2.42. The standard InChI is InChI=1S/C18H21NO4/c1-5-12-13(6-2)19(14-8-7-10(3)9-11(14)4)16(18(22)23)15(12)17(20)21/h7-9H,5-6H2,1-4H3,(H,20,21)(H,22,23). The van der Waals surface area contributed by atoms with Crippen molar-refractivity contribution < 1.29 is 19.8 Å². The van der Waals surface area contributed by atoms with Gasteiger partial charge in [-0.25, -0.2) is 9.59 Å². The lowest BCUT2D eigenvalue weighted by molar-refractivity contribution is 0.0645. The van der Waals surface area contributed by atoms with Crippen LogP contribution < -0.4 is 0 Å². The van der Waals surface area contributed by atoms with E-state index in [0.717, 1.165) is 16.8 Å². The molecule has 0 fully saturated rings. The summed E-state index contributed by atoms with van der Waals surface area (Å²) in [6, 6.07) is 5.72. The van der Waals surface area contributed by atoms with Crippen LogP contribution >= 0.6 is 0 Å². The predicted octanol–water partition coefficient (Wildman–Crippen LogP) is 3.62. The van der Waals surface area contributed by atoms with Crippen molar-refractivity contribution in [3.8, 4) is 5.69 Å². The van der Waals surface area contributed by atoms with Crippen LogP contribution in [0.3, 0.4) is 0 Å². The molecule has 1 aromatic heterocycles. The lowest BCUT2D eigenvalue weighted by Crippen LogP contribution is -2.13. The number of aromatic nitrogens is 1. The second kappa shape index (κ2) is 6.28. The van der Waals surface area contributed by atoms with E-state index in [0.29, 0.717) is 24.1 Å². The van der Waals surface area contributed by atoms with E-state index in [2.05, 4.69) is 0 Å². The number of aryl methyl sites for hydroxylation is 2. The average Bonchev–Trinajstić information content (AvgIpc) is 2.81. The smallest absolute Gasteiger partial charge is 0.353 e. The molecule has 0 radical (unpaired) electrons. The maximum atomic E-state index is 11.8. The molecule has 2 aromatic rings. The molecule has 5 heteroatoms. The van der Waals surface area contributed by atoms with Crippen LogP contribution in [0, 0.1) is 13.8 Å². The third-order valence-corrected chi connectivity index (χ3v) is 4.08. The first-order valence-corrected chi connectivity index (χ1v) is 7.64. The molecule has 0 aliphatic rings. The number of benzene rings is 1. The predicted molar refractivity (Wildman–Crippen MR) is 87.9 cm³/mol. The molecule has 0 aliphatic heterocycles. The number of aromatic carboxylic acids is 2. The fourth-order valence-electron chi connectivity index (χ4n) is 3.18. The SMILES string of the molecule is CCc1c(C(=O)O)c(C(=O)O)n(-c2ccc(C)cc2C)c1CC. The summed E-state index contributed by atoms with van der Waals surface area (Å²) in [6.45, 7) is 7.62. The van der Waals surface area contributed by atoms with Gasteiger partial charge in [0.2, 0.25) is 0 Å². The van der Waals surface area contributed by atoms with E-state index in [-0.39, 0.29) is 11.3 Å². The normalized spacial score (nSPS) is 10.8. The van der Waals surface area contributed by atoms with Gasteiger partial charge in [0, 0.05) is 11.4 Å². The Morgan fingerprint density at radius 2 is 1.70 bits per heavy atom. The molecule has 0 atom stereocenters. The van der Waals surface area contributed by atoms with Crippen LogP contribution in [-0.4, -0.2) is 26.7 Å². The van der Waals surface area contributed by atoms with Crippen molar-refractivity contribution in [2.75, 3.05) is 0 Å². The van der Waals surface area contributed by atoms with Crippen molar-refractivity contribution in [2.24, 2.45) is 0 Å². The number of hydrogen-bond acceptors (Lipinski definition) is 2. The van der Waals surface area contributed by atoms with E-state index in [1.807, 2.05) is 45.9 Å². The van der Waals surface area contributed by atoms with Gasteiger partial charge in [0.05, 0.1) is 5.56 Å². The van der Waals surface area contributed by atoms with Crippen molar-refractivity contribution in [3.63, 3.8) is 0 Å². The van der Waals surface area contributed by atoms with Crippen LogP contribution in [0.5, 0.6) is 0 Å². The summed E-state index contributed by atoms with van der Waals surface area (Å²) in [7, 11) is 0. The van der Waals surface area contributed by atoms with Crippen molar-refractivity contribution in [1.82, 2.24) is 4.57 Å². The van der Waals surface area contributed by atoms with Gasteiger partial charge in [-0.2, -0.15) is 0 Å². The lowest BCUT2D eigenvalue weighted by atomic mass is 10.0. The van der Waals surface area contributed by atoms with Crippen molar-refractivity contribution >= 4 is 11.9 Å². The maximum Gasteiger partial charge on any atom is 0.353 e. The highest BCUT2D eigenvalue weighted by atomic mass is 16.4. The minimum Gasteiger partial charge on any atom is -0.478 e. The molecule has 0 saturated heterocycles. The molecule has 0 spiro atoms. The van der Waals surface area contributed by atoms with Gasteiger partial charge in [-0.3, -0.25) is 0 Å². The molecule has 122 valence electrons. The summed E-state index contributed by atoms with van der Waals surface area (Å²) >= 11 is 0. The van der Waals surface area contributed by atoms with E-state index < -0.39 is 11.9 Å². The number of rotatable bonds is 5. The number of nitrogens with zero attached hydrogens (tertiary/aromatic N) is 1. The maximum absolute atomic E-state index is 11.8. The van der Waals surface area contributed by atoms with Crippen LogP contribution in [0.4, 0.5) is 0 Å². The van der Waals surface area contributed by atoms with E-state index >= 15 is 0 Å².